The van der Waals surface area contributed by atoms with Gasteiger partial charge in [0.05, 0.1) is 32.4 Å². The van der Waals surface area contributed by atoms with Gasteiger partial charge in [-0.05, 0) is 19.1 Å². The molecule has 1 atom stereocenters. The van der Waals surface area contributed by atoms with Crippen LogP contribution in [0, 0.1) is 6.92 Å². The molecule has 6 heteroatoms. The van der Waals surface area contributed by atoms with Crippen LogP contribution < -0.4 is 4.74 Å². The van der Waals surface area contributed by atoms with E-state index in [1.54, 1.807) is 13.3 Å². The molecule has 2 aromatic rings. The predicted octanol–water partition coefficient (Wildman–Crippen LogP) is 1.94. The first-order chi connectivity index (χ1) is 11.7. The monoisotopic (exact) mass is 327 g/mol. The van der Waals surface area contributed by atoms with Crippen LogP contribution in [0.1, 0.15) is 23.2 Å². The Hall–Kier alpha value is -2.47. The molecule has 1 aliphatic rings. The smallest absolute Gasteiger partial charge is 0.227 e. The van der Waals surface area contributed by atoms with Gasteiger partial charge in [-0.3, -0.25) is 4.79 Å². The van der Waals surface area contributed by atoms with Crippen molar-refractivity contribution in [3.05, 3.63) is 53.6 Å². The van der Waals surface area contributed by atoms with Crippen molar-refractivity contribution in [3.63, 3.8) is 0 Å². The standard InChI is InChI=1S/C18H21N3O3/c1-13-19-8-7-15(20-13)17-12-21(9-10-24-17)18(22)11-14-5-3-4-6-16(14)23-2/h3-8,17H,9-12H2,1-2H3/t17-/m1/s1. The van der Waals surface area contributed by atoms with Gasteiger partial charge in [0.15, 0.2) is 0 Å². The number of nitrogens with zero attached hydrogens (tertiary/aromatic N) is 3. The summed E-state index contributed by atoms with van der Waals surface area (Å²) in [6.07, 6.45) is 1.83. The molecule has 1 fully saturated rings. The minimum absolute atomic E-state index is 0.0681. The van der Waals surface area contributed by atoms with Gasteiger partial charge in [0.2, 0.25) is 5.91 Å². The molecule has 0 saturated carbocycles. The minimum atomic E-state index is -0.206. The number of carbonyl (C=O) groups excluding carboxylic acids is 1. The largest absolute Gasteiger partial charge is 0.496 e. The van der Waals surface area contributed by atoms with E-state index in [9.17, 15) is 4.79 Å². The van der Waals surface area contributed by atoms with Crippen LogP contribution in [0.3, 0.4) is 0 Å². The molecule has 0 aliphatic carbocycles. The number of carbonyl (C=O) groups is 1. The summed E-state index contributed by atoms with van der Waals surface area (Å²) in [6, 6.07) is 9.44. The molecule has 6 nitrogen and oxygen atoms in total. The summed E-state index contributed by atoms with van der Waals surface area (Å²) in [5.74, 6) is 1.51. The van der Waals surface area contributed by atoms with E-state index >= 15 is 0 Å². The maximum atomic E-state index is 12.7. The van der Waals surface area contributed by atoms with E-state index in [0.29, 0.717) is 31.9 Å². The zero-order chi connectivity index (χ0) is 16.9. The summed E-state index contributed by atoms with van der Waals surface area (Å²) in [5.41, 5.74) is 1.71. The predicted molar refractivity (Wildman–Crippen MR) is 88.7 cm³/mol. The summed E-state index contributed by atoms with van der Waals surface area (Å²) >= 11 is 0. The van der Waals surface area contributed by atoms with Gasteiger partial charge in [0.25, 0.3) is 0 Å². The Bertz CT molecular complexity index is 720. The highest BCUT2D eigenvalue weighted by Crippen LogP contribution is 2.23. The average molecular weight is 327 g/mol. The molecule has 0 unspecified atom stereocenters. The van der Waals surface area contributed by atoms with E-state index in [1.807, 2.05) is 42.2 Å². The Morgan fingerprint density at radius 1 is 1.38 bits per heavy atom. The van der Waals surface area contributed by atoms with Crippen LogP contribution >= 0.6 is 0 Å². The lowest BCUT2D eigenvalue weighted by Crippen LogP contribution is -2.43. The third-order valence-corrected chi connectivity index (χ3v) is 4.08. The third-order valence-electron chi connectivity index (χ3n) is 4.08. The van der Waals surface area contributed by atoms with E-state index in [1.165, 1.54) is 0 Å². The quantitative estimate of drug-likeness (QED) is 0.858. The molecule has 126 valence electrons. The second-order valence-electron chi connectivity index (χ2n) is 5.72. The molecule has 1 aromatic heterocycles. The lowest BCUT2D eigenvalue weighted by Gasteiger charge is -2.33. The second kappa shape index (κ2) is 7.40. The lowest BCUT2D eigenvalue weighted by atomic mass is 10.1. The minimum Gasteiger partial charge on any atom is -0.496 e. The Morgan fingerprint density at radius 2 is 2.21 bits per heavy atom. The van der Waals surface area contributed by atoms with Crippen LogP contribution in [0.2, 0.25) is 0 Å². The Kier molecular flexibility index (Phi) is 5.05. The first-order valence-corrected chi connectivity index (χ1v) is 7.98. The number of para-hydroxylation sites is 1. The first-order valence-electron chi connectivity index (χ1n) is 7.98. The molecule has 24 heavy (non-hydrogen) atoms. The number of rotatable bonds is 4. The molecule has 0 bridgehead atoms. The third kappa shape index (κ3) is 3.71. The number of hydrogen-bond acceptors (Lipinski definition) is 5. The van der Waals surface area contributed by atoms with Gasteiger partial charge in [0.1, 0.15) is 17.7 Å². The van der Waals surface area contributed by atoms with E-state index in [-0.39, 0.29) is 12.0 Å². The fourth-order valence-electron chi connectivity index (χ4n) is 2.83. The Morgan fingerprint density at radius 3 is 3.00 bits per heavy atom. The molecule has 2 heterocycles. The van der Waals surface area contributed by atoms with Gasteiger partial charge >= 0.3 is 0 Å². The van der Waals surface area contributed by atoms with Crippen molar-refractivity contribution < 1.29 is 14.3 Å². The van der Waals surface area contributed by atoms with Crippen molar-refractivity contribution in [2.24, 2.45) is 0 Å². The number of benzene rings is 1. The first kappa shape index (κ1) is 16.4. The number of ether oxygens (including phenoxy) is 2. The van der Waals surface area contributed by atoms with Crippen molar-refractivity contribution in [1.29, 1.82) is 0 Å². The average Bonchev–Trinajstić information content (AvgIpc) is 2.62. The Balaban J connectivity index is 1.69. The summed E-state index contributed by atoms with van der Waals surface area (Å²) < 4.78 is 11.1. The zero-order valence-electron chi connectivity index (χ0n) is 13.9. The van der Waals surface area contributed by atoms with E-state index in [0.717, 1.165) is 17.0 Å². The molecule has 1 aromatic carbocycles. The van der Waals surface area contributed by atoms with Crippen molar-refractivity contribution >= 4 is 5.91 Å². The topological polar surface area (TPSA) is 64.5 Å². The van der Waals surface area contributed by atoms with Crippen LogP contribution in [-0.2, 0) is 16.0 Å². The van der Waals surface area contributed by atoms with Crippen LogP contribution in [0.4, 0.5) is 0 Å². The van der Waals surface area contributed by atoms with Gasteiger partial charge in [-0.25, -0.2) is 9.97 Å². The SMILES string of the molecule is COc1ccccc1CC(=O)N1CCO[C@@H](c2ccnc(C)n2)C1. The lowest BCUT2D eigenvalue weighted by molar-refractivity contribution is -0.138. The fourth-order valence-corrected chi connectivity index (χ4v) is 2.83. The number of aryl methyl sites for hydroxylation is 1. The fraction of sp³-hybridized carbons (Fsp3) is 0.389. The van der Waals surface area contributed by atoms with Gasteiger partial charge in [0, 0.05) is 18.3 Å². The summed E-state index contributed by atoms with van der Waals surface area (Å²) in [4.78, 5) is 23.0. The van der Waals surface area contributed by atoms with Crippen LogP contribution in [0.15, 0.2) is 36.5 Å². The van der Waals surface area contributed by atoms with Gasteiger partial charge in [-0.1, -0.05) is 18.2 Å². The maximum absolute atomic E-state index is 12.7. The van der Waals surface area contributed by atoms with Gasteiger partial charge in [-0.15, -0.1) is 0 Å². The van der Waals surface area contributed by atoms with Crippen molar-refractivity contribution in [3.8, 4) is 5.75 Å². The van der Waals surface area contributed by atoms with Crippen LogP contribution in [0.5, 0.6) is 5.75 Å². The molecule has 1 saturated heterocycles. The summed E-state index contributed by atoms with van der Waals surface area (Å²) in [6.45, 7) is 3.45. The highest BCUT2D eigenvalue weighted by molar-refractivity contribution is 5.79. The van der Waals surface area contributed by atoms with Gasteiger partial charge < -0.3 is 14.4 Å². The van der Waals surface area contributed by atoms with Crippen molar-refractivity contribution in [1.82, 2.24) is 14.9 Å². The molecule has 3 rings (SSSR count). The highest BCUT2D eigenvalue weighted by Gasteiger charge is 2.26. The second-order valence-corrected chi connectivity index (χ2v) is 5.72. The summed E-state index contributed by atoms with van der Waals surface area (Å²) in [7, 11) is 1.62. The van der Waals surface area contributed by atoms with E-state index in [2.05, 4.69) is 9.97 Å². The summed E-state index contributed by atoms with van der Waals surface area (Å²) in [5, 5.41) is 0. The number of morpholine rings is 1. The van der Waals surface area contributed by atoms with Crippen molar-refractivity contribution in [2.75, 3.05) is 26.8 Å². The molecular weight excluding hydrogens is 306 g/mol. The molecule has 1 aliphatic heterocycles. The van der Waals surface area contributed by atoms with Gasteiger partial charge in [-0.2, -0.15) is 0 Å². The highest BCUT2D eigenvalue weighted by atomic mass is 16.5. The van der Waals surface area contributed by atoms with E-state index in [4.69, 9.17) is 9.47 Å². The van der Waals surface area contributed by atoms with E-state index < -0.39 is 0 Å². The zero-order valence-corrected chi connectivity index (χ0v) is 13.9. The number of aromatic nitrogens is 2. The molecule has 1 amide bonds. The molecule has 0 N–H and O–H groups in total. The van der Waals surface area contributed by atoms with Crippen LogP contribution in [0.25, 0.3) is 0 Å². The Labute approximate surface area is 141 Å². The number of hydrogen-bond donors (Lipinski definition) is 0. The molecular formula is C18H21N3O3. The molecule has 0 spiro atoms. The van der Waals surface area contributed by atoms with Crippen molar-refractivity contribution in [2.45, 2.75) is 19.4 Å². The number of methoxy groups -OCH3 is 1. The van der Waals surface area contributed by atoms with Crippen LogP contribution in [-0.4, -0.2) is 47.6 Å². The normalized spacial score (nSPS) is 17.6. The molecule has 0 radical (unpaired) electrons. The maximum Gasteiger partial charge on any atom is 0.227 e. The number of amides is 1.